The third-order valence-corrected chi connectivity index (χ3v) is 5.42. The van der Waals surface area contributed by atoms with Crippen molar-refractivity contribution in [2.45, 2.75) is 38.3 Å². The first-order valence-corrected chi connectivity index (χ1v) is 8.90. The first-order valence-electron chi connectivity index (χ1n) is 8.02. The molecule has 0 saturated carbocycles. The lowest BCUT2D eigenvalue weighted by Gasteiger charge is -2.35. The number of rotatable bonds is 4. The number of alkyl halides is 2. The van der Waals surface area contributed by atoms with E-state index < -0.39 is 18.5 Å². The molecule has 128 valence electrons. The van der Waals surface area contributed by atoms with Gasteiger partial charge in [0, 0.05) is 44.5 Å². The van der Waals surface area contributed by atoms with Gasteiger partial charge < -0.3 is 4.90 Å². The van der Waals surface area contributed by atoms with Crippen molar-refractivity contribution < 1.29 is 13.6 Å². The molecule has 2 aliphatic rings. The number of carbonyl (C=O) groups excluding carboxylic acids is 1. The van der Waals surface area contributed by atoms with Gasteiger partial charge in [0.15, 0.2) is 0 Å². The molecule has 0 spiro atoms. The lowest BCUT2D eigenvalue weighted by atomic mass is 10.1. The zero-order chi connectivity index (χ0) is 16.4. The van der Waals surface area contributed by atoms with Crippen LogP contribution < -0.4 is 5.32 Å². The molecule has 3 heterocycles. The van der Waals surface area contributed by atoms with Crippen LogP contribution in [0.1, 0.15) is 24.0 Å². The predicted octanol–water partition coefficient (Wildman–Crippen LogP) is 1.35. The van der Waals surface area contributed by atoms with Crippen LogP contribution in [0.4, 0.5) is 8.78 Å². The van der Waals surface area contributed by atoms with Gasteiger partial charge in [0.1, 0.15) is 0 Å². The molecule has 0 aromatic carbocycles. The van der Waals surface area contributed by atoms with Gasteiger partial charge in [-0.3, -0.25) is 15.0 Å². The molecule has 1 amide bonds. The van der Waals surface area contributed by atoms with Crippen molar-refractivity contribution in [3.63, 3.8) is 0 Å². The first kappa shape index (κ1) is 16.7. The third kappa shape index (κ3) is 4.05. The summed E-state index contributed by atoms with van der Waals surface area (Å²) in [7, 11) is 0. The van der Waals surface area contributed by atoms with Crippen molar-refractivity contribution in [2.24, 2.45) is 0 Å². The van der Waals surface area contributed by atoms with Gasteiger partial charge in [-0.1, -0.05) is 6.92 Å². The number of carbonyl (C=O) groups is 1. The van der Waals surface area contributed by atoms with E-state index in [2.05, 4.69) is 27.5 Å². The summed E-state index contributed by atoms with van der Waals surface area (Å²) in [6.07, 6.45) is 0.566. The van der Waals surface area contributed by atoms with E-state index in [0.29, 0.717) is 13.1 Å². The van der Waals surface area contributed by atoms with E-state index in [4.69, 9.17) is 0 Å². The molecule has 1 aromatic rings. The normalized spacial score (nSPS) is 25.0. The molecule has 2 saturated heterocycles. The fourth-order valence-corrected chi connectivity index (χ4v) is 3.79. The maximum Gasteiger partial charge on any atom is 0.262 e. The van der Waals surface area contributed by atoms with Crippen LogP contribution in [0.15, 0.2) is 5.38 Å². The summed E-state index contributed by atoms with van der Waals surface area (Å²) in [6, 6.07) is -0.734. The zero-order valence-corrected chi connectivity index (χ0v) is 14.0. The highest BCUT2D eigenvalue weighted by Crippen LogP contribution is 2.26. The van der Waals surface area contributed by atoms with E-state index in [1.807, 2.05) is 0 Å². The van der Waals surface area contributed by atoms with Crippen LogP contribution in [-0.4, -0.2) is 65.4 Å². The van der Waals surface area contributed by atoms with Gasteiger partial charge in [-0.25, -0.2) is 13.8 Å². The van der Waals surface area contributed by atoms with E-state index in [-0.39, 0.29) is 12.3 Å². The molecule has 1 aromatic heterocycles. The number of thiazole rings is 1. The highest BCUT2D eigenvalue weighted by Gasteiger charge is 2.43. The van der Waals surface area contributed by atoms with Crippen LogP contribution in [0, 0.1) is 0 Å². The van der Waals surface area contributed by atoms with E-state index in [9.17, 15) is 13.6 Å². The van der Waals surface area contributed by atoms with Crippen LogP contribution in [-0.2, 0) is 17.8 Å². The Morgan fingerprint density at radius 1 is 1.43 bits per heavy atom. The quantitative estimate of drug-likeness (QED) is 0.896. The number of aryl methyl sites for hydroxylation is 1. The van der Waals surface area contributed by atoms with Gasteiger partial charge in [0.2, 0.25) is 5.91 Å². The highest BCUT2D eigenvalue weighted by molar-refractivity contribution is 7.09. The average Bonchev–Trinajstić information content (AvgIpc) is 3.13. The maximum absolute atomic E-state index is 13.2. The lowest BCUT2D eigenvalue weighted by Crippen LogP contribution is -2.52. The molecule has 0 radical (unpaired) electrons. The SMILES string of the molecule is CCc1nc(CN2CCN(C(=O)C3CC(F)(F)CN3)CC2)cs1. The van der Waals surface area contributed by atoms with Crippen LogP contribution in [0.2, 0.25) is 0 Å². The Balaban J connectivity index is 1.47. The Morgan fingerprint density at radius 2 is 2.17 bits per heavy atom. The Labute approximate surface area is 138 Å². The number of nitrogens with one attached hydrogen (secondary N) is 1. The number of hydrogen-bond acceptors (Lipinski definition) is 5. The summed E-state index contributed by atoms with van der Waals surface area (Å²) in [4.78, 5) is 20.8. The molecular weight excluding hydrogens is 322 g/mol. The van der Waals surface area contributed by atoms with Gasteiger partial charge in [-0.05, 0) is 6.42 Å². The first-order chi connectivity index (χ1) is 11.0. The summed E-state index contributed by atoms with van der Waals surface area (Å²) in [5.41, 5.74) is 1.07. The predicted molar refractivity (Wildman–Crippen MR) is 84.7 cm³/mol. The summed E-state index contributed by atoms with van der Waals surface area (Å²) in [5, 5.41) is 5.87. The molecule has 5 nitrogen and oxygen atoms in total. The minimum Gasteiger partial charge on any atom is -0.339 e. The monoisotopic (exact) mass is 344 g/mol. The van der Waals surface area contributed by atoms with Crippen molar-refractivity contribution in [3.8, 4) is 0 Å². The van der Waals surface area contributed by atoms with Crippen LogP contribution in [0.3, 0.4) is 0 Å². The number of halogens is 2. The van der Waals surface area contributed by atoms with Crippen LogP contribution >= 0.6 is 11.3 Å². The van der Waals surface area contributed by atoms with Gasteiger partial charge >= 0.3 is 0 Å². The van der Waals surface area contributed by atoms with Crippen LogP contribution in [0.25, 0.3) is 0 Å². The summed E-state index contributed by atoms with van der Waals surface area (Å²) < 4.78 is 26.4. The van der Waals surface area contributed by atoms with Gasteiger partial charge in [-0.15, -0.1) is 11.3 Å². The van der Waals surface area contributed by atoms with Crippen molar-refractivity contribution in [3.05, 3.63) is 16.1 Å². The molecule has 1 N–H and O–H groups in total. The van der Waals surface area contributed by atoms with E-state index >= 15 is 0 Å². The van der Waals surface area contributed by atoms with Crippen LogP contribution in [0.5, 0.6) is 0 Å². The van der Waals surface area contributed by atoms with E-state index in [0.717, 1.165) is 36.8 Å². The lowest BCUT2D eigenvalue weighted by molar-refractivity contribution is -0.135. The molecule has 0 bridgehead atoms. The van der Waals surface area contributed by atoms with Crippen molar-refractivity contribution in [2.75, 3.05) is 32.7 Å². The Kier molecular flexibility index (Phi) is 4.93. The maximum atomic E-state index is 13.2. The molecule has 0 aliphatic carbocycles. The average molecular weight is 344 g/mol. The number of aromatic nitrogens is 1. The molecule has 1 unspecified atom stereocenters. The second kappa shape index (κ2) is 6.78. The van der Waals surface area contributed by atoms with E-state index in [1.54, 1.807) is 16.2 Å². The number of piperazine rings is 1. The van der Waals surface area contributed by atoms with Gasteiger partial charge in [0.25, 0.3) is 5.92 Å². The highest BCUT2D eigenvalue weighted by atomic mass is 32.1. The smallest absolute Gasteiger partial charge is 0.262 e. The van der Waals surface area contributed by atoms with Gasteiger partial charge in [-0.2, -0.15) is 0 Å². The molecule has 2 fully saturated rings. The number of hydrogen-bond donors (Lipinski definition) is 1. The number of nitrogens with zero attached hydrogens (tertiary/aromatic N) is 3. The fourth-order valence-electron chi connectivity index (χ4n) is 3.05. The minimum atomic E-state index is -2.76. The number of amides is 1. The standard InChI is InChI=1S/C15H22F2N4OS/c1-2-13-19-11(9-23-13)8-20-3-5-21(6-4-20)14(22)12-7-15(16,17)10-18-12/h9,12,18H,2-8,10H2,1H3. The second-order valence-corrected chi connectivity index (χ2v) is 7.12. The summed E-state index contributed by atoms with van der Waals surface area (Å²) in [5.74, 6) is -2.95. The molecular formula is C15H22F2N4OS. The Bertz CT molecular complexity index is 557. The van der Waals surface area contributed by atoms with Gasteiger partial charge in [0.05, 0.1) is 23.3 Å². The zero-order valence-electron chi connectivity index (χ0n) is 13.2. The minimum absolute atomic E-state index is 0.191. The molecule has 8 heteroatoms. The summed E-state index contributed by atoms with van der Waals surface area (Å²) in [6.45, 7) is 5.18. The van der Waals surface area contributed by atoms with Crippen molar-refractivity contribution in [1.29, 1.82) is 0 Å². The Morgan fingerprint density at radius 3 is 2.74 bits per heavy atom. The largest absolute Gasteiger partial charge is 0.339 e. The van der Waals surface area contributed by atoms with Crippen molar-refractivity contribution in [1.82, 2.24) is 20.1 Å². The molecule has 2 aliphatic heterocycles. The van der Waals surface area contributed by atoms with E-state index in [1.165, 1.54) is 0 Å². The third-order valence-electron chi connectivity index (χ3n) is 4.38. The van der Waals surface area contributed by atoms with Crippen molar-refractivity contribution >= 4 is 17.2 Å². The molecule has 1 atom stereocenters. The Hall–Kier alpha value is -1.12. The molecule has 23 heavy (non-hydrogen) atoms. The molecule has 3 rings (SSSR count). The summed E-state index contributed by atoms with van der Waals surface area (Å²) >= 11 is 1.68. The second-order valence-electron chi connectivity index (χ2n) is 6.18. The topological polar surface area (TPSA) is 48.5 Å². The fraction of sp³-hybridized carbons (Fsp3) is 0.733.